The Bertz CT molecular complexity index is 686. The van der Waals surface area contributed by atoms with Crippen LogP contribution in [0, 0.1) is 0 Å². The molecule has 0 radical (unpaired) electrons. The van der Waals surface area contributed by atoms with Gasteiger partial charge >= 0.3 is 0 Å². The number of rotatable bonds is 3. The Kier molecular flexibility index (Phi) is 2.67. The Morgan fingerprint density at radius 1 is 1.28 bits per heavy atom. The fourth-order valence-corrected chi connectivity index (χ4v) is 2.53. The molecular weight excluding hydrogens is 248 g/mol. The highest BCUT2D eigenvalue weighted by Gasteiger charge is 2.15. The number of nitrogens with two attached hydrogens (primary N) is 1. The number of pyridine rings is 1. The van der Waals surface area contributed by atoms with Gasteiger partial charge in [-0.15, -0.1) is 15.3 Å². The summed E-state index contributed by atoms with van der Waals surface area (Å²) >= 11 is 1.34. The topological polar surface area (TPSA) is 82.0 Å². The number of fused-ring (bicyclic) bond motifs is 1. The van der Waals surface area contributed by atoms with Crippen molar-refractivity contribution in [2.75, 3.05) is 5.73 Å². The number of anilines is 1. The van der Waals surface area contributed by atoms with Crippen molar-refractivity contribution in [3.63, 3.8) is 0 Å². The number of hydrogen-bond acceptors (Lipinski definition) is 6. The highest BCUT2D eigenvalue weighted by Crippen LogP contribution is 2.26. The molecule has 92 valence electrons. The number of hydrogen-bond donors (Lipinski definition) is 1. The van der Waals surface area contributed by atoms with Gasteiger partial charge in [0.25, 0.3) is 0 Å². The van der Waals surface area contributed by atoms with E-state index in [1.54, 1.807) is 0 Å². The quantitative estimate of drug-likeness (QED) is 0.776. The van der Waals surface area contributed by atoms with E-state index >= 15 is 0 Å². The summed E-state index contributed by atoms with van der Waals surface area (Å²) in [4.78, 5) is 0.968. The Balaban J connectivity index is 2.19. The number of nitrogen functional groups attached to an aromatic ring is 1. The van der Waals surface area contributed by atoms with Gasteiger partial charge in [-0.3, -0.25) is 4.40 Å². The Labute approximate surface area is 108 Å². The van der Waals surface area contributed by atoms with Gasteiger partial charge in [0.2, 0.25) is 0 Å². The summed E-state index contributed by atoms with van der Waals surface area (Å²) < 4.78 is 5.88. The lowest BCUT2D eigenvalue weighted by Gasteiger charge is -2.00. The molecule has 0 atom stereocenters. The number of aromatic nitrogens is 5. The lowest BCUT2D eigenvalue weighted by Crippen LogP contribution is -1.94. The van der Waals surface area contributed by atoms with Gasteiger partial charge in [-0.1, -0.05) is 17.8 Å². The molecule has 0 saturated heterocycles. The fraction of sp³-hybridized carbons (Fsp3) is 0.273. The van der Waals surface area contributed by atoms with Crippen LogP contribution in [0.25, 0.3) is 16.3 Å². The Hall–Kier alpha value is -2.02. The van der Waals surface area contributed by atoms with E-state index in [0.29, 0.717) is 5.69 Å². The molecule has 0 aliphatic heterocycles. The van der Waals surface area contributed by atoms with Crippen LogP contribution >= 0.6 is 11.5 Å². The molecule has 7 heteroatoms. The smallest absolute Gasteiger partial charge is 0.182 e. The van der Waals surface area contributed by atoms with E-state index < -0.39 is 0 Å². The summed E-state index contributed by atoms with van der Waals surface area (Å²) in [7, 11) is 0. The van der Waals surface area contributed by atoms with E-state index in [-0.39, 0.29) is 0 Å². The Morgan fingerprint density at radius 3 is 3.00 bits per heavy atom. The van der Waals surface area contributed by atoms with E-state index in [2.05, 4.69) is 26.7 Å². The second-order valence-electron chi connectivity index (χ2n) is 4.01. The molecule has 3 rings (SSSR count). The third-order valence-electron chi connectivity index (χ3n) is 2.67. The molecular formula is C11H12N6S. The van der Waals surface area contributed by atoms with Crippen LogP contribution in [0.5, 0.6) is 0 Å². The first-order valence-corrected chi connectivity index (χ1v) is 6.49. The van der Waals surface area contributed by atoms with Crippen molar-refractivity contribution in [1.29, 1.82) is 0 Å². The van der Waals surface area contributed by atoms with Gasteiger partial charge in [0, 0.05) is 11.9 Å². The molecule has 3 aromatic rings. The minimum atomic E-state index is 0.679. The fourth-order valence-electron chi connectivity index (χ4n) is 1.84. The second-order valence-corrected chi connectivity index (χ2v) is 4.77. The highest BCUT2D eigenvalue weighted by atomic mass is 32.1. The van der Waals surface area contributed by atoms with E-state index in [9.17, 15) is 0 Å². The number of aryl methyl sites for hydroxylation is 1. The van der Waals surface area contributed by atoms with Gasteiger partial charge in [-0.05, 0) is 30.1 Å². The van der Waals surface area contributed by atoms with Crippen LogP contribution in [0.3, 0.4) is 0 Å². The Morgan fingerprint density at radius 2 is 2.17 bits per heavy atom. The van der Waals surface area contributed by atoms with Gasteiger partial charge < -0.3 is 5.73 Å². The molecule has 0 fully saturated rings. The van der Waals surface area contributed by atoms with Gasteiger partial charge in [0.15, 0.2) is 11.5 Å². The summed E-state index contributed by atoms with van der Waals surface area (Å²) in [5.74, 6) is 0.760. The summed E-state index contributed by atoms with van der Waals surface area (Å²) in [6, 6.07) is 3.66. The SMILES string of the molecule is CCCc1nnsc1-c1nnc2ccc(N)cn12. The standard InChI is InChI=1S/C11H12N6S/c1-2-3-8-10(18-16-13-8)11-15-14-9-5-4-7(12)6-17(9)11/h4-6H,2-3,12H2,1H3. The second kappa shape index (κ2) is 4.34. The molecule has 0 aliphatic rings. The van der Waals surface area contributed by atoms with E-state index in [1.807, 2.05) is 22.7 Å². The molecule has 0 amide bonds. The maximum absolute atomic E-state index is 5.80. The third kappa shape index (κ3) is 1.72. The monoisotopic (exact) mass is 260 g/mol. The van der Waals surface area contributed by atoms with Gasteiger partial charge in [0.1, 0.15) is 4.88 Å². The minimum absolute atomic E-state index is 0.679. The van der Waals surface area contributed by atoms with Crippen LogP contribution < -0.4 is 5.73 Å². The lowest BCUT2D eigenvalue weighted by atomic mass is 10.2. The summed E-state index contributed by atoms with van der Waals surface area (Å²) in [5, 5.41) is 12.5. The van der Waals surface area contributed by atoms with Crippen LogP contribution in [-0.2, 0) is 6.42 Å². The van der Waals surface area contributed by atoms with Crippen LogP contribution in [0.2, 0.25) is 0 Å². The molecule has 6 nitrogen and oxygen atoms in total. The largest absolute Gasteiger partial charge is 0.398 e. The summed E-state index contributed by atoms with van der Waals surface area (Å²) in [5.41, 5.74) is 8.22. The van der Waals surface area contributed by atoms with Crippen molar-refractivity contribution in [3.8, 4) is 10.7 Å². The predicted molar refractivity (Wildman–Crippen MR) is 70.3 cm³/mol. The molecule has 0 bridgehead atoms. The normalized spacial score (nSPS) is 11.2. The number of nitrogens with zero attached hydrogens (tertiary/aromatic N) is 5. The zero-order valence-electron chi connectivity index (χ0n) is 9.87. The summed E-state index contributed by atoms with van der Waals surface area (Å²) in [6.07, 6.45) is 3.74. The van der Waals surface area contributed by atoms with E-state index in [0.717, 1.165) is 34.9 Å². The zero-order valence-corrected chi connectivity index (χ0v) is 10.7. The molecule has 0 unspecified atom stereocenters. The molecule has 18 heavy (non-hydrogen) atoms. The molecule has 0 saturated carbocycles. The average Bonchev–Trinajstić information content (AvgIpc) is 2.95. The highest BCUT2D eigenvalue weighted by molar-refractivity contribution is 7.09. The average molecular weight is 260 g/mol. The predicted octanol–water partition coefficient (Wildman–Crippen LogP) is 1.78. The first-order valence-electron chi connectivity index (χ1n) is 5.71. The molecule has 3 aromatic heterocycles. The van der Waals surface area contributed by atoms with Crippen LogP contribution in [0.15, 0.2) is 18.3 Å². The molecule has 2 N–H and O–H groups in total. The third-order valence-corrected chi connectivity index (χ3v) is 3.43. The first kappa shape index (κ1) is 11.1. The van der Waals surface area contributed by atoms with Gasteiger partial charge in [-0.25, -0.2) is 0 Å². The van der Waals surface area contributed by atoms with Gasteiger partial charge in [-0.2, -0.15) is 0 Å². The van der Waals surface area contributed by atoms with Crippen molar-refractivity contribution in [1.82, 2.24) is 24.2 Å². The van der Waals surface area contributed by atoms with Crippen molar-refractivity contribution < 1.29 is 0 Å². The van der Waals surface area contributed by atoms with E-state index in [1.165, 1.54) is 11.5 Å². The van der Waals surface area contributed by atoms with Crippen molar-refractivity contribution in [2.45, 2.75) is 19.8 Å². The minimum Gasteiger partial charge on any atom is -0.398 e. The maximum Gasteiger partial charge on any atom is 0.182 e. The first-order chi connectivity index (χ1) is 8.79. The van der Waals surface area contributed by atoms with Crippen LogP contribution in [-0.4, -0.2) is 24.2 Å². The van der Waals surface area contributed by atoms with Crippen molar-refractivity contribution >= 4 is 22.9 Å². The van der Waals surface area contributed by atoms with Gasteiger partial charge in [0.05, 0.1) is 5.69 Å². The molecule has 3 heterocycles. The maximum atomic E-state index is 5.80. The molecule has 0 aromatic carbocycles. The van der Waals surface area contributed by atoms with E-state index in [4.69, 9.17) is 5.73 Å². The lowest BCUT2D eigenvalue weighted by molar-refractivity contribution is 0.869. The van der Waals surface area contributed by atoms with Crippen LogP contribution in [0.4, 0.5) is 5.69 Å². The van der Waals surface area contributed by atoms with Crippen molar-refractivity contribution in [2.24, 2.45) is 0 Å². The summed E-state index contributed by atoms with van der Waals surface area (Å²) in [6.45, 7) is 2.11. The molecule has 0 spiro atoms. The van der Waals surface area contributed by atoms with Crippen molar-refractivity contribution in [3.05, 3.63) is 24.0 Å². The zero-order chi connectivity index (χ0) is 12.5. The van der Waals surface area contributed by atoms with Crippen LogP contribution in [0.1, 0.15) is 19.0 Å². The molecule has 0 aliphatic carbocycles.